The lowest BCUT2D eigenvalue weighted by Crippen LogP contribution is -2.00. The second kappa shape index (κ2) is 5.31. The lowest BCUT2D eigenvalue weighted by molar-refractivity contribution is -0.137. The molecule has 1 aromatic heterocycles. The maximum Gasteiger partial charge on any atom is 0.330 e. The third-order valence-electron chi connectivity index (χ3n) is 2.48. The monoisotopic (exact) mass is 243 g/mol. The zero-order chi connectivity index (χ0) is 13.0. The molecule has 0 unspecified atom stereocenters. The smallest absolute Gasteiger partial charge is 0.330 e. The van der Waals surface area contributed by atoms with Crippen LogP contribution in [0.15, 0.2) is 41.3 Å². The standard InChI is InChI=1S/C14H13NO3/c1-2-18-14(17)6-4-10-3-5-12-11(9-10)13(16)7-8-15-12/h3-9H,2H2,1H3,(H,15,16). The molecular weight excluding hydrogens is 230 g/mol. The average Bonchev–Trinajstić information content (AvgIpc) is 2.37. The van der Waals surface area contributed by atoms with Gasteiger partial charge in [-0.2, -0.15) is 0 Å². The number of H-pyrrole nitrogens is 1. The van der Waals surface area contributed by atoms with Gasteiger partial charge in [0.1, 0.15) is 0 Å². The Hall–Kier alpha value is -2.36. The summed E-state index contributed by atoms with van der Waals surface area (Å²) in [4.78, 5) is 25.8. The van der Waals surface area contributed by atoms with Gasteiger partial charge in [-0.3, -0.25) is 4.79 Å². The van der Waals surface area contributed by atoms with E-state index in [1.165, 1.54) is 12.1 Å². The summed E-state index contributed by atoms with van der Waals surface area (Å²) in [5.74, 6) is -0.389. The van der Waals surface area contributed by atoms with E-state index in [0.29, 0.717) is 12.0 Å². The molecule has 4 heteroatoms. The van der Waals surface area contributed by atoms with Crippen molar-refractivity contribution in [2.75, 3.05) is 6.61 Å². The summed E-state index contributed by atoms with van der Waals surface area (Å²) in [5, 5.41) is 0.600. The first kappa shape index (κ1) is 12.1. The van der Waals surface area contributed by atoms with Crippen molar-refractivity contribution in [3.8, 4) is 0 Å². The van der Waals surface area contributed by atoms with Gasteiger partial charge in [-0.05, 0) is 30.7 Å². The summed E-state index contributed by atoms with van der Waals surface area (Å²) in [6.45, 7) is 2.10. The van der Waals surface area contributed by atoms with Gasteiger partial charge in [0.25, 0.3) is 0 Å². The number of fused-ring (bicyclic) bond motifs is 1. The molecule has 0 aliphatic heterocycles. The molecule has 2 aromatic rings. The number of aromatic nitrogens is 1. The lowest BCUT2D eigenvalue weighted by atomic mass is 10.1. The van der Waals surface area contributed by atoms with Crippen LogP contribution in [0.4, 0.5) is 0 Å². The van der Waals surface area contributed by atoms with E-state index in [4.69, 9.17) is 4.74 Å². The van der Waals surface area contributed by atoms with Crippen LogP contribution >= 0.6 is 0 Å². The van der Waals surface area contributed by atoms with Gasteiger partial charge in [0.15, 0.2) is 5.43 Å². The second-order valence-electron chi connectivity index (χ2n) is 3.73. The number of aromatic amines is 1. The van der Waals surface area contributed by atoms with Crippen LogP contribution in [0.2, 0.25) is 0 Å². The Kier molecular flexibility index (Phi) is 3.57. The third-order valence-corrected chi connectivity index (χ3v) is 2.48. The first-order valence-electron chi connectivity index (χ1n) is 5.67. The molecule has 0 saturated carbocycles. The first-order chi connectivity index (χ1) is 8.70. The molecule has 2 rings (SSSR count). The highest BCUT2D eigenvalue weighted by molar-refractivity contribution is 5.88. The van der Waals surface area contributed by atoms with Gasteiger partial charge >= 0.3 is 5.97 Å². The van der Waals surface area contributed by atoms with Crippen LogP contribution < -0.4 is 5.43 Å². The van der Waals surface area contributed by atoms with Crippen molar-refractivity contribution < 1.29 is 9.53 Å². The van der Waals surface area contributed by atoms with Gasteiger partial charge in [-0.1, -0.05) is 6.07 Å². The van der Waals surface area contributed by atoms with Crippen molar-refractivity contribution in [2.45, 2.75) is 6.92 Å². The second-order valence-corrected chi connectivity index (χ2v) is 3.73. The minimum Gasteiger partial charge on any atom is -0.463 e. The van der Waals surface area contributed by atoms with Crippen LogP contribution in [0.25, 0.3) is 17.0 Å². The predicted molar refractivity (Wildman–Crippen MR) is 70.2 cm³/mol. The van der Waals surface area contributed by atoms with Crippen LogP contribution in [-0.2, 0) is 9.53 Å². The van der Waals surface area contributed by atoms with Crippen molar-refractivity contribution >= 4 is 22.9 Å². The third kappa shape index (κ3) is 2.66. The Labute approximate surface area is 104 Å². The topological polar surface area (TPSA) is 59.2 Å². The minimum atomic E-state index is -0.389. The van der Waals surface area contributed by atoms with Crippen LogP contribution in [0.5, 0.6) is 0 Å². The maximum atomic E-state index is 11.6. The van der Waals surface area contributed by atoms with Crippen molar-refractivity contribution in [3.05, 3.63) is 52.3 Å². The number of hydrogen-bond acceptors (Lipinski definition) is 3. The van der Waals surface area contributed by atoms with E-state index in [1.54, 1.807) is 25.3 Å². The van der Waals surface area contributed by atoms with Gasteiger partial charge in [0.2, 0.25) is 0 Å². The minimum absolute atomic E-state index is 0.0462. The number of esters is 1. The molecule has 92 valence electrons. The number of benzene rings is 1. The Balaban J connectivity index is 2.33. The van der Waals surface area contributed by atoms with E-state index >= 15 is 0 Å². The summed E-state index contributed by atoms with van der Waals surface area (Å²) >= 11 is 0. The zero-order valence-electron chi connectivity index (χ0n) is 9.97. The molecule has 0 saturated heterocycles. The van der Waals surface area contributed by atoms with Gasteiger partial charge < -0.3 is 9.72 Å². The average molecular weight is 243 g/mol. The zero-order valence-corrected chi connectivity index (χ0v) is 9.97. The summed E-state index contributed by atoms with van der Waals surface area (Å²) in [5.41, 5.74) is 1.51. The molecule has 4 nitrogen and oxygen atoms in total. The largest absolute Gasteiger partial charge is 0.463 e. The number of pyridine rings is 1. The summed E-state index contributed by atoms with van der Waals surface area (Å²) in [7, 11) is 0. The summed E-state index contributed by atoms with van der Waals surface area (Å²) in [6.07, 6.45) is 4.59. The normalized spacial score (nSPS) is 10.9. The molecule has 0 radical (unpaired) electrons. The van der Waals surface area contributed by atoms with Crippen LogP contribution in [-0.4, -0.2) is 17.6 Å². The van der Waals surface area contributed by atoms with E-state index < -0.39 is 0 Å². The van der Waals surface area contributed by atoms with Crippen LogP contribution in [0, 0.1) is 0 Å². The molecule has 0 fully saturated rings. The van der Waals surface area contributed by atoms with Crippen molar-refractivity contribution in [1.82, 2.24) is 4.98 Å². The van der Waals surface area contributed by atoms with E-state index in [-0.39, 0.29) is 11.4 Å². The molecule has 1 heterocycles. The number of carbonyl (C=O) groups is 1. The van der Waals surface area contributed by atoms with Gasteiger partial charge in [-0.25, -0.2) is 4.79 Å². The fraction of sp³-hybridized carbons (Fsp3) is 0.143. The fourth-order valence-electron chi connectivity index (χ4n) is 1.65. The molecule has 0 atom stereocenters. The number of nitrogens with one attached hydrogen (secondary N) is 1. The quantitative estimate of drug-likeness (QED) is 0.663. The molecule has 0 amide bonds. The predicted octanol–water partition coefficient (Wildman–Crippen LogP) is 2.10. The number of carbonyl (C=O) groups excluding carboxylic acids is 1. The Bertz CT molecular complexity index is 655. The van der Waals surface area contributed by atoms with Crippen molar-refractivity contribution in [2.24, 2.45) is 0 Å². The number of ether oxygens (including phenoxy) is 1. The molecule has 1 aromatic carbocycles. The SMILES string of the molecule is CCOC(=O)C=Cc1ccc2[nH]ccc(=O)c2c1. The number of hydrogen-bond donors (Lipinski definition) is 1. The van der Waals surface area contributed by atoms with Crippen molar-refractivity contribution in [1.29, 1.82) is 0 Å². The first-order valence-corrected chi connectivity index (χ1v) is 5.67. The van der Waals surface area contributed by atoms with Crippen LogP contribution in [0.3, 0.4) is 0 Å². The molecule has 1 N–H and O–H groups in total. The van der Waals surface area contributed by atoms with Gasteiger partial charge in [0, 0.05) is 29.2 Å². The molecule has 0 bridgehead atoms. The Morgan fingerprint density at radius 2 is 2.22 bits per heavy atom. The highest BCUT2D eigenvalue weighted by Crippen LogP contribution is 2.11. The Morgan fingerprint density at radius 3 is 3.00 bits per heavy atom. The molecule has 0 spiro atoms. The Morgan fingerprint density at radius 1 is 1.39 bits per heavy atom. The maximum absolute atomic E-state index is 11.6. The summed E-state index contributed by atoms with van der Waals surface area (Å²) < 4.78 is 4.78. The number of rotatable bonds is 3. The van der Waals surface area contributed by atoms with Gasteiger partial charge in [0.05, 0.1) is 6.61 Å². The summed E-state index contributed by atoms with van der Waals surface area (Å²) in [6, 6.07) is 6.85. The molecule has 0 aliphatic carbocycles. The van der Waals surface area contributed by atoms with Crippen molar-refractivity contribution in [3.63, 3.8) is 0 Å². The molecule has 0 aliphatic rings. The lowest BCUT2D eigenvalue weighted by Gasteiger charge is -1.99. The van der Waals surface area contributed by atoms with Gasteiger partial charge in [-0.15, -0.1) is 0 Å². The van der Waals surface area contributed by atoms with E-state index in [9.17, 15) is 9.59 Å². The fourth-order valence-corrected chi connectivity index (χ4v) is 1.65. The highest BCUT2D eigenvalue weighted by atomic mass is 16.5. The van der Waals surface area contributed by atoms with E-state index in [2.05, 4.69) is 4.98 Å². The molecule has 18 heavy (non-hydrogen) atoms. The highest BCUT2D eigenvalue weighted by Gasteiger charge is 1.99. The van der Waals surface area contributed by atoms with E-state index in [0.717, 1.165) is 11.1 Å². The molecular formula is C14H13NO3. The van der Waals surface area contributed by atoms with Crippen LogP contribution in [0.1, 0.15) is 12.5 Å². The van der Waals surface area contributed by atoms with E-state index in [1.807, 2.05) is 12.1 Å².